The fourth-order valence-corrected chi connectivity index (χ4v) is 0.444. The molecular formula is C10H22O6. The first-order chi connectivity index (χ1) is 7.27. The number of esters is 1. The van der Waals surface area contributed by atoms with Crippen LogP contribution in [0.3, 0.4) is 0 Å². The quantitative estimate of drug-likeness (QED) is 0.702. The predicted molar refractivity (Wildman–Crippen MR) is 59.2 cm³/mol. The van der Waals surface area contributed by atoms with E-state index < -0.39 is 5.97 Å². The Morgan fingerprint density at radius 2 is 1.69 bits per heavy atom. The van der Waals surface area contributed by atoms with Crippen molar-refractivity contribution in [1.29, 1.82) is 0 Å². The Balaban J connectivity index is -0.000000162. The number of carbonyl (C=O) groups is 2. The van der Waals surface area contributed by atoms with Crippen LogP contribution in [-0.2, 0) is 19.1 Å². The minimum absolute atomic E-state index is 0.211. The number of methoxy groups -OCH3 is 1. The van der Waals surface area contributed by atoms with Gasteiger partial charge < -0.3 is 19.7 Å². The highest BCUT2D eigenvalue weighted by Crippen LogP contribution is 1.75. The van der Waals surface area contributed by atoms with Crippen molar-refractivity contribution >= 4 is 11.9 Å². The third-order valence-electron chi connectivity index (χ3n) is 0.755. The molecule has 2 N–H and O–H groups in total. The van der Waals surface area contributed by atoms with Gasteiger partial charge in [-0.05, 0) is 13.8 Å². The summed E-state index contributed by atoms with van der Waals surface area (Å²) in [5.74, 6) is -1.04. The molecule has 0 aliphatic heterocycles. The number of aliphatic carboxylic acids is 1. The van der Waals surface area contributed by atoms with Crippen molar-refractivity contribution in [3.63, 3.8) is 0 Å². The number of rotatable bonds is 3. The van der Waals surface area contributed by atoms with Gasteiger partial charge >= 0.3 is 5.97 Å². The van der Waals surface area contributed by atoms with Crippen LogP contribution in [0.4, 0.5) is 0 Å². The van der Waals surface area contributed by atoms with E-state index in [0.717, 1.165) is 6.92 Å². The summed E-state index contributed by atoms with van der Waals surface area (Å²) in [6.07, 6.45) is -0.324. The van der Waals surface area contributed by atoms with Crippen LogP contribution in [-0.4, -0.2) is 48.6 Å². The number of hydrogen-bond acceptors (Lipinski definition) is 5. The van der Waals surface area contributed by atoms with E-state index in [-0.39, 0.29) is 12.1 Å². The molecule has 1 atom stereocenters. The van der Waals surface area contributed by atoms with Gasteiger partial charge in [0.1, 0.15) is 0 Å². The molecule has 0 aromatic carbocycles. The number of carboxylic acid groups (broad SMARTS) is 1. The van der Waals surface area contributed by atoms with Crippen LogP contribution < -0.4 is 0 Å². The van der Waals surface area contributed by atoms with Crippen LogP contribution in [0.5, 0.6) is 0 Å². The van der Waals surface area contributed by atoms with Crippen LogP contribution in [0.1, 0.15) is 27.7 Å². The van der Waals surface area contributed by atoms with Crippen molar-refractivity contribution in [2.24, 2.45) is 0 Å². The summed E-state index contributed by atoms with van der Waals surface area (Å²) < 4.78 is 8.96. The SMILES string of the molecule is CC(=O)O.CCOC(C)=O.COCC(C)O. The fourth-order valence-electron chi connectivity index (χ4n) is 0.444. The van der Waals surface area contributed by atoms with E-state index in [1.165, 1.54) is 6.92 Å². The van der Waals surface area contributed by atoms with Crippen LogP contribution in [0, 0.1) is 0 Å². The first kappa shape index (κ1) is 20.3. The second kappa shape index (κ2) is 16.3. The summed E-state index contributed by atoms with van der Waals surface area (Å²) in [6.45, 7) is 6.85. The lowest BCUT2D eigenvalue weighted by atomic mass is 10.5. The first-order valence-electron chi connectivity index (χ1n) is 4.77. The zero-order valence-electron chi connectivity index (χ0n) is 10.5. The zero-order valence-corrected chi connectivity index (χ0v) is 10.5. The zero-order chi connectivity index (χ0) is 13.6. The van der Waals surface area contributed by atoms with Crippen molar-refractivity contribution in [3.8, 4) is 0 Å². The highest BCUT2D eigenvalue weighted by molar-refractivity contribution is 5.65. The number of aliphatic hydroxyl groups is 1. The second-order valence-corrected chi connectivity index (χ2v) is 2.75. The molecule has 6 heteroatoms. The molecule has 0 radical (unpaired) electrons. The average Bonchev–Trinajstić information content (AvgIpc) is 2.02. The largest absolute Gasteiger partial charge is 0.481 e. The molecule has 0 bridgehead atoms. The van der Waals surface area contributed by atoms with E-state index >= 15 is 0 Å². The summed E-state index contributed by atoms with van der Waals surface area (Å²) in [7, 11) is 1.56. The normalized spacial score (nSPS) is 9.88. The molecule has 0 rings (SSSR count). The van der Waals surface area contributed by atoms with Crippen molar-refractivity contribution in [1.82, 2.24) is 0 Å². The molecule has 0 heterocycles. The van der Waals surface area contributed by atoms with Gasteiger partial charge in [0, 0.05) is 21.0 Å². The van der Waals surface area contributed by atoms with E-state index in [2.05, 4.69) is 9.47 Å². The molecule has 0 aromatic heterocycles. The molecule has 0 fully saturated rings. The van der Waals surface area contributed by atoms with Crippen LogP contribution in [0.2, 0.25) is 0 Å². The van der Waals surface area contributed by atoms with Gasteiger partial charge in [-0.3, -0.25) is 9.59 Å². The summed E-state index contributed by atoms with van der Waals surface area (Å²) >= 11 is 0. The van der Waals surface area contributed by atoms with Crippen molar-refractivity contribution in [2.75, 3.05) is 20.3 Å². The van der Waals surface area contributed by atoms with Crippen molar-refractivity contribution in [3.05, 3.63) is 0 Å². The lowest BCUT2D eigenvalue weighted by Crippen LogP contribution is -2.07. The number of aliphatic hydroxyl groups excluding tert-OH is 1. The third kappa shape index (κ3) is 76.6. The Bertz CT molecular complexity index is 163. The highest BCUT2D eigenvalue weighted by Gasteiger charge is 1.87. The topological polar surface area (TPSA) is 93.1 Å². The van der Waals surface area contributed by atoms with Crippen molar-refractivity contribution < 1.29 is 29.3 Å². The predicted octanol–water partition coefficient (Wildman–Crippen LogP) is 0.674. The number of ether oxygens (including phenoxy) is 2. The minimum atomic E-state index is -0.833. The maximum atomic E-state index is 9.82. The van der Waals surface area contributed by atoms with Gasteiger partial charge in [-0.15, -0.1) is 0 Å². The Labute approximate surface area is 96.2 Å². The maximum absolute atomic E-state index is 9.82. The van der Waals surface area contributed by atoms with Gasteiger partial charge in [0.15, 0.2) is 0 Å². The number of carbonyl (C=O) groups excluding carboxylic acids is 1. The second-order valence-electron chi connectivity index (χ2n) is 2.75. The standard InChI is InChI=1S/C4H10O2.C4H8O2.C2H4O2/c1-4(5)3-6-2;1-3-6-4(2)5;1-2(3)4/h4-5H,3H2,1-2H3;3H2,1-2H3;1H3,(H,3,4). The Kier molecular flexibility index (Phi) is 20.7. The Hall–Kier alpha value is -1.14. The van der Waals surface area contributed by atoms with E-state index in [1.54, 1.807) is 21.0 Å². The highest BCUT2D eigenvalue weighted by atomic mass is 16.5. The van der Waals surface area contributed by atoms with E-state index in [4.69, 9.17) is 15.0 Å². The summed E-state index contributed by atoms with van der Waals surface area (Å²) in [6, 6.07) is 0. The van der Waals surface area contributed by atoms with Gasteiger partial charge in [0.2, 0.25) is 0 Å². The number of hydrogen-bond donors (Lipinski definition) is 2. The molecule has 16 heavy (non-hydrogen) atoms. The molecule has 1 unspecified atom stereocenters. The monoisotopic (exact) mass is 238 g/mol. The summed E-state index contributed by atoms with van der Waals surface area (Å²) in [5.41, 5.74) is 0. The van der Waals surface area contributed by atoms with E-state index in [9.17, 15) is 4.79 Å². The average molecular weight is 238 g/mol. The van der Waals surface area contributed by atoms with Gasteiger partial charge in [0.25, 0.3) is 5.97 Å². The smallest absolute Gasteiger partial charge is 0.302 e. The van der Waals surface area contributed by atoms with Gasteiger partial charge in [0.05, 0.1) is 19.3 Å². The summed E-state index contributed by atoms with van der Waals surface area (Å²) in [5, 5.41) is 15.8. The Morgan fingerprint density at radius 1 is 1.31 bits per heavy atom. The molecule has 0 aliphatic carbocycles. The van der Waals surface area contributed by atoms with Gasteiger partial charge in [-0.1, -0.05) is 0 Å². The third-order valence-corrected chi connectivity index (χ3v) is 0.755. The van der Waals surface area contributed by atoms with E-state index in [1.807, 2.05) is 0 Å². The molecule has 0 amide bonds. The molecule has 0 aliphatic rings. The fraction of sp³-hybridized carbons (Fsp3) is 0.800. The molecule has 98 valence electrons. The first-order valence-corrected chi connectivity index (χ1v) is 4.77. The molecule has 6 nitrogen and oxygen atoms in total. The van der Waals surface area contributed by atoms with Crippen LogP contribution in [0.25, 0.3) is 0 Å². The Morgan fingerprint density at radius 3 is 1.69 bits per heavy atom. The van der Waals surface area contributed by atoms with Crippen LogP contribution >= 0.6 is 0 Å². The molecule has 0 saturated heterocycles. The maximum Gasteiger partial charge on any atom is 0.302 e. The van der Waals surface area contributed by atoms with Gasteiger partial charge in [-0.25, -0.2) is 0 Å². The van der Waals surface area contributed by atoms with Gasteiger partial charge in [-0.2, -0.15) is 0 Å². The molecule has 0 aromatic rings. The minimum Gasteiger partial charge on any atom is -0.481 e. The summed E-state index contributed by atoms with van der Waals surface area (Å²) in [4.78, 5) is 18.8. The van der Waals surface area contributed by atoms with Crippen LogP contribution in [0.15, 0.2) is 0 Å². The molecule has 0 saturated carbocycles. The molecular weight excluding hydrogens is 216 g/mol. The lowest BCUT2D eigenvalue weighted by molar-refractivity contribution is -0.140. The number of carboxylic acids is 1. The van der Waals surface area contributed by atoms with E-state index in [0.29, 0.717) is 13.2 Å². The molecule has 0 spiro atoms. The van der Waals surface area contributed by atoms with Crippen molar-refractivity contribution in [2.45, 2.75) is 33.8 Å². The lowest BCUT2D eigenvalue weighted by Gasteiger charge is -1.97.